The van der Waals surface area contributed by atoms with Crippen LogP contribution in [0.2, 0.25) is 0 Å². The highest BCUT2D eigenvalue weighted by atomic mass is 19.1. The number of nitrogens with one attached hydrogen (secondary N) is 1. The molecule has 1 aliphatic heterocycles. The van der Waals surface area contributed by atoms with Gasteiger partial charge in [-0.25, -0.2) is 9.37 Å². The topological polar surface area (TPSA) is 102 Å². The number of aliphatic hydroxyl groups is 1. The van der Waals surface area contributed by atoms with Gasteiger partial charge in [0.1, 0.15) is 17.1 Å². The van der Waals surface area contributed by atoms with Crippen LogP contribution in [-0.4, -0.2) is 55.5 Å². The third-order valence-electron chi connectivity index (χ3n) is 4.71. The van der Waals surface area contributed by atoms with Crippen molar-refractivity contribution in [1.82, 2.24) is 20.1 Å². The van der Waals surface area contributed by atoms with Crippen LogP contribution in [0.4, 0.5) is 4.39 Å². The molecule has 2 atom stereocenters. The van der Waals surface area contributed by atoms with E-state index >= 15 is 0 Å². The van der Waals surface area contributed by atoms with E-state index in [2.05, 4.69) is 15.2 Å². The molecule has 0 spiro atoms. The van der Waals surface area contributed by atoms with E-state index in [1.54, 1.807) is 19.1 Å². The van der Waals surface area contributed by atoms with Crippen LogP contribution in [0.3, 0.4) is 0 Å². The average molecular weight is 348 g/mol. The number of aromatic nitrogens is 3. The van der Waals surface area contributed by atoms with Gasteiger partial charge in [0.25, 0.3) is 0 Å². The van der Waals surface area contributed by atoms with Crippen molar-refractivity contribution in [3.05, 3.63) is 47.3 Å². The van der Waals surface area contributed by atoms with Gasteiger partial charge in [0.15, 0.2) is 5.82 Å². The summed E-state index contributed by atoms with van der Waals surface area (Å²) in [6, 6.07) is 5.85. The maximum atomic E-state index is 13.5. The Morgan fingerprint density at radius 2 is 2.32 bits per heavy atom. The second kappa shape index (κ2) is 6.89. The number of aromatic amines is 1. The van der Waals surface area contributed by atoms with Crippen LogP contribution in [0, 0.1) is 18.2 Å². The number of aliphatic carboxylic acids is 1. The quantitative estimate of drug-likeness (QED) is 0.749. The number of H-pyrrole nitrogens is 1. The summed E-state index contributed by atoms with van der Waals surface area (Å²) >= 11 is 0. The summed E-state index contributed by atoms with van der Waals surface area (Å²) < 4.78 is 13.5. The van der Waals surface area contributed by atoms with Crippen molar-refractivity contribution in [3.63, 3.8) is 0 Å². The van der Waals surface area contributed by atoms with Crippen LogP contribution in [-0.2, 0) is 17.8 Å². The Morgan fingerprint density at radius 1 is 1.52 bits per heavy atom. The molecule has 8 heteroatoms. The van der Waals surface area contributed by atoms with E-state index < -0.39 is 23.3 Å². The molecule has 0 aliphatic carbocycles. The molecule has 1 aromatic carbocycles. The third-order valence-corrected chi connectivity index (χ3v) is 4.71. The number of aryl methyl sites for hydroxylation is 1. The van der Waals surface area contributed by atoms with Crippen molar-refractivity contribution >= 4 is 5.97 Å². The minimum Gasteiger partial charge on any atom is -0.481 e. The summed E-state index contributed by atoms with van der Waals surface area (Å²) in [7, 11) is 0. The van der Waals surface area contributed by atoms with Crippen LogP contribution in [0.25, 0.3) is 0 Å². The summed E-state index contributed by atoms with van der Waals surface area (Å²) in [5, 5.41) is 27.2. The first-order valence-electron chi connectivity index (χ1n) is 8.15. The van der Waals surface area contributed by atoms with Crippen molar-refractivity contribution in [2.75, 3.05) is 13.1 Å². The molecule has 0 saturated carbocycles. The van der Waals surface area contributed by atoms with E-state index in [0.717, 1.165) is 0 Å². The summed E-state index contributed by atoms with van der Waals surface area (Å²) in [6.45, 7) is 2.89. The van der Waals surface area contributed by atoms with Crippen molar-refractivity contribution < 1.29 is 19.4 Å². The van der Waals surface area contributed by atoms with Gasteiger partial charge in [-0.05, 0) is 37.5 Å². The van der Waals surface area contributed by atoms with Gasteiger partial charge in [0, 0.05) is 13.1 Å². The molecule has 134 valence electrons. The Labute approximate surface area is 144 Å². The minimum absolute atomic E-state index is 0.0603. The van der Waals surface area contributed by atoms with Gasteiger partial charge in [0.05, 0.1) is 12.6 Å². The zero-order valence-corrected chi connectivity index (χ0v) is 13.9. The standard InChI is InChI=1S/C17H21FN4O3/c1-11-19-15(21-20-11)9-22-6-5-14(23)17(10-22,16(24)25)8-12-3-2-4-13(18)7-12/h2-4,7,14,23H,5-6,8-10H2,1H3,(H,24,25)(H,19,20,21)/t14-,17+/m0/s1. The number of halogens is 1. The van der Waals surface area contributed by atoms with Gasteiger partial charge >= 0.3 is 5.97 Å². The molecule has 2 heterocycles. The van der Waals surface area contributed by atoms with Crippen molar-refractivity contribution in [2.45, 2.75) is 32.4 Å². The second-order valence-electron chi connectivity index (χ2n) is 6.62. The number of carbonyl (C=O) groups is 1. The fourth-order valence-corrected chi connectivity index (χ4v) is 3.43. The van der Waals surface area contributed by atoms with Crippen LogP contribution >= 0.6 is 0 Å². The zero-order valence-electron chi connectivity index (χ0n) is 13.9. The van der Waals surface area contributed by atoms with E-state index in [4.69, 9.17) is 0 Å². The maximum absolute atomic E-state index is 13.5. The predicted molar refractivity (Wildman–Crippen MR) is 87.2 cm³/mol. The fraction of sp³-hybridized carbons (Fsp3) is 0.471. The number of carboxylic acids is 1. The highest BCUT2D eigenvalue weighted by Gasteiger charge is 2.49. The van der Waals surface area contributed by atoms with Gasteiger partial charge < -0.3 is 10.2 Å². The van der Waals surface area contributed by atoms with Crippen LogP contribution in [0.5, 0.6) is 0 Å². The maximum Gasteiger partial charge on any atom is 0.313 e. The Hall–Kier alpha value is -2.32. The molecular weight excluding hydrogens is 327 g/mol. The Morgan fingerprint density at radius 3 is 2.96 bits per heavy atom. The van der Waals surface area contributed by atoms with Crippen LogP contribution in [0.1, 0.15) is 23.6 Å². The zero-order chi connectivity index (χ0) is 18.0. The lowest BCUT2D eigenvalue weighted by Crippen LogP contribution is -2.56. The highest BCUT2D eigenvalue weighted by molar-refractivity contribution is 5.76. The Kier molecular flexibility index (Phi) is 4.82. The second-order valence-corrected chi connectivity index (χ2v) is 6.62. The monoisotopic (exact) mass is 348 g/mol. The first kappa shape index (κ1) is 17.5. The minimum atomic E-state index is -1.39. The molecule has 3 rings (SSSR count). The summed E-state index contributed by atoms with van der Waals surface area (Å²) in [5.74, 6) is -0.230. The Balaban J connectivity index is 1.83. The number of aliphatic hydroxyl groups excluding tert-OH is 1. The summed E-state index contributed by atoms with van der Waals surface area (Å²) in [4.78, 5) is 18.2. The lowest BCUT2D eigenvalue weighted by atomic mass is 9.73. The molecule has 3 N–H and O–H groups in total. The number of piperidine rings is 1. The van der Waals surface area contributed by atoms with Crippen molar-refractivity contribution in [1.29, 1.82) is 0 Å². The van der Waals surface area contributed by atoms with Gasteiger partial charge in [-0.15, -0.1) is 0 Å². The molecule has 0 amide bonds. The molecule has 1 aromatic heterocycles. The van der Waals surface area contributed by atoms with E-state index in [9.17, 15) is 19.4 Å². The lowest BCUT2D eigenvalue weighted by molar-refractivity contribution is -0.163. The molecule has 7 nitrogen and oxygen atoms in total. The smallest absolute Gasteiger partial charge is 0.313 e. The van der Waals surface area contributed by atoms with E-state index in [0.29, 0.717) is 36.7 Å². The number of rotatable bonds is 5. The number of carboxylic acid groups (broad SMARTS) is 1. The van der Waals surface area contributed by atoms with Crippen molar-refractivity contribution in [2.24, 2.45) is 5.41 Å². The molecule has 0 radical (unpaired) electrons. The van der Waals surface area contributed by atoms with E-state index in [1.807, 2.05) is 4.90 Å². The first-order valence-corrected chi connectivity index (χ1v) is 8.15. The fourth-order valence-electron chi connectivity index (χ4n) is 3.43. The molecule has 1 aliphatic rings. The Bertz CT molecular complexity index is 766. The summed E-state index contributed by atoms with van der Waals surface area (Å²) in [5.41, 5.74) is -0.839. The van der Waals surface area contributed by atoms with E-state index in [-0.39, 0.29) is 13.0 Å². The first-order chi connectivity index (χ1) is 11.9. The third kappa shape index (κ3) is 3.69. The number of benzene rings is 1. The number of nitrogens with zero attached hydrogens (tertiary/aromatic N) is 3. The highest BCUT2D eigenvalue weighted by Crippen LogP contribution is 2.35. The van der Waals surface area contributed by atoms with Gasteiger partial charge in [0.2, 0.25) is 0 Å². The normalized spacial score (nSPS) is 24.4. The van der Waals surface area contributed by atoms with Crippen LogP contribution in [0.15, 0.2) is 24.3 Å². The molecule has 1 fully saturated rings. The molecule has 0 bridgehead atoms. The van der Waals surface area contributed by atoms with Crippen molar-refractivity contribution in [3.8, 4) is 0 Å². The molecule has 0 unspecified atom stereocenters. The summed E-state index contributed by atoms with van der Waals surface area (Å²) in [6.07, 6.45) is -0.617. The predicted octanol–water partition coefficient (Wildman–Crippen LogP) is 1.13. The number of hydrogen-bond acceptors (Lipinski definition) is 5. The van der Waals surface area contributed by atoms with E-state index in [1.165, 1.54) is 12.1 Å². The average Bonchev–Trinajstić information content (AvgIpc) is 2.95. The lowest BCUT2D eigenvalue weighted by Gasteiger charge is -2.43. The molecule has 1 saturated heterocycles. The molecular formula is C17H21FN4O3. The van der Waals surface area contributed by atoms with Crippen LogP contribution < -0.4 is 0 Å². The van der Waals surface area contributed by atoms with Gasteiger partial charge in [-0.3, -0.25) is 14.8 Å². The largest absolute Gasteiger partial charge is 0.481 e. The van der Waals surface area contributed by atoms with Gasteiger partial charge in [-0.1, -0.05) is 12.1 Å². The number of hydrogen-bond donors (Lipinski definition) is 3. The van der Waals surface area contributed by atoms with Gasteiger partial charge in [-0.2, -0.15) is 5.10 Å². The molecule has 2 aromatic rings. The number of likely N-dealkylation sites (tertiary alicyclic amines) is 1. The SMILES string of the molecule is Cc1nc(CN2CC[C@H](O)[C@](Cc3cccc(F)c3)(C(=O)O)C2)n[nH]1. The molecule has 25 heavy (non-hydrogen) atoms.